The SMILES string of the molecule is C[Si](C)(C)/N=C(/c1c(F)cccc1Cl)N1CCOCC1. The quantitative estimate of drug-likeness (QED) is 0.475. The third-order valence-corrected chi connectivity index (χ3v) is 4.14. The molecule has 1 fully saturated rings. The van der Waals surface area contributed by atoms with E-state index in [9.17, 15) is 4.39 Å². The number of hydrogen-bond donors (Lipinski definition) is 0. The summed E-state index contributed by atoms with van der Waals surface area (Å²) >= 11 is 6.21. The Labute approximate surface area is 125 Å². The zero-order chi connectivity index (χ0) is 14.8. The molecule has 1 heterocycles. The van der Waals surface area contributed by atoms with Gasteiger partial charge in [0.25, 0.3) is 0 Å². The molecule has 0 bridgehead atoms. The Hall–Kier alpha value is -0.913. The van der Waals surface area contributed by atoms with Gasteiger partial charge in [-0.3, -0.25) is 0 Å². The van der Waals surface area contributed by atoms with E-state index in [0.717, 1.165) is 0 Å². The normalized spacial score (nSPS) is 17.4. The first-order chi connectivity index (χ1) is 9.38. The summed E-state index contributed by atoms with van der Waals surface area (Å²) in [6, 6.07) is 4.76. The minimum atomic E-state index is -1.75. The second-order valence-electron chi connectivity index (χ2n) is 5.80. The molecule has 0 aromatic heterocycles. The molecule has 0 N–H and O–H groups in total. The zero-order valence-corrected chi connectivity index (χ0v) is 13.9. The third-order valence-electron chi connectivity index (χ3n) is 2.94. The van der Waals surface area contributed by atoms with E-state index < -0.39 is 8.24 Å². The van der Waals surface area contributed by atoms with E-state index in [1.807, 2.05) is 0 Å². The first-order valence-corrected chi connectivity index (χ1v) is 10.6. The van der Waals surface area contributed by atoms with Crippen molar-refractivity contribution in [2.24, 2.45) is 4.66 Å². The molecule has 6 heteroatoms. The van der Waals surface area contributed by atoms with E-state index in [2.05, 4.69) is 24.5 Å². The summed E-state index contributed by atoms with van der Waals surface area (Å²) in [5, 5.41) is 0.411. The van der Waals surface area contributed by atoms with E-state index in [1.54, 1.807) is 12.1 Å². The maximum absolute atomic E-state index is 14.2. The molecule has 1 aromatic carbocycles. The Balaban J connectivity index is 2.49. The van der Waals surface area contributed by atoms with Crippen molar-refractivity contribution in [2.75, 3.05) is 26.3 Å². The average Bonchev–Trinajstić information content (AvgIpc) is 2.37. The molecule has 110 valence electrons. The van der Waals surface area contributed by atoms with Gasteiger partial charge in [-0.05, 0) is 31.8 Å². The van der Waals surface area contributed by atoms with Crippen LogP contribution < -0.4 is 0 Å². The van der Waals surface area contributed by atoms with Crippen LogP contribution in [-0.4, -0.2) is 45.3 Å². The second kappa shape index (κ2) is 6.24. The van der Waals surface area contributed by atoms with Crippen molar-refractivity contribution in [2.45, 2.75) is 19.6 Å². The molecule has 0 aliphatic carbocycles. The van der Waals surface area contributed by atoms with Gasteiger partial charge >= 0.3 is 0 Å². The lowest BCUT2D eigenvalue weighted by Gasteiger charge is -2.32. The smallest absolute Gasteiger partial charge is 0.175 e. The summed E-state index contributed by atoms with van der Waals surface area (Å²) in [6.45, 7) is 9.09. The van der Waals surface area contributed by atoms with E-state index in [1.165, 1.54) is 6.07 Å². The van der Waals surface area contributed by atoms with E-state index in [0.29, 0.717) is 42.7 Å². The van der Waals surface area contributed by atoms with Gasteiger partial charge < -0.3 is 14.3 Å². The molecule has 2 rings (SSSR count). The van der Waals surface area contributed by atoms with Crippen molar-refractivity contribution in [1.29, 1.82) is 0 Å². The van der Waals surface area contributed by atoms with Crippen LogP contribution in [0.5, 0.6) is 0 Å². The molecule has 1 saturated heterocycles. The molecular weight excluding hydrogens is 295 g/mol. The van der Waals surface area contributed by atoms with Gasteiger partial charge in [-0.15, -0.1) is 0 Å². The van der Waals surface area contributed by atoms with Crippen molar-refractivity contribution in [3.05, 3.63) is 34.6 Å². The highest BCUT2D eigenvalue weighted by molar-refractivity contribution is 6.75. The highest BCUT2D eigenvalue weighted by atomic mass is 35.5. The summed E-state index contributed by atoms with van der Waals surface area (Å²) in [7, 11) is -1.75. The zero-order valence-electron chi connectivity index (χ0n) is 12.1. The van der Waals surface area contributed by atoms with Crippen LogP contribution in [0.1, 0.15) is 5.56 Å². The fourth-order valence-corrected chi connectivity index (χ4v) is 3.23. The van der Waals surface area contributed by atoms with Crippen LogP contribution in [0.2, 0.25) is 24.7 Å². The van der Waals surface area contributed by atoms with Crippen LogP contribution in [0.4, 0.5) is 4.39 Å². The van der Waals surface area contributed by atoms with Gasteiger partial charge in [-0.25, -0.2) is 4.39 Å². The first kappa shape index (κ1) is 15.5. The lowest BCUT2D eigenvalue weighted by molar-refractivity contribution is 0.0683. The van der Waals surface area contributed by atoms with Gasteiger partial charge in [0.15, 0.2) is 8.24 Å². The molecule has 20 heavy (non-hydrogen) atoms. The summed E-state index contributed by atoms with van der Waals surface area (Å²) in [4.78, 5) is 2.08. The van der Waals surface area contributed by atoms with Crippen molar-refractivity contribution in [1.82, 2.24) is 4.90 Å². The third kappa shape index (κ3) is 3.81. The molecule has 0 spiro atoms. The average molecular weight is 315 g/mol. The highest BCUT2D eigenvalue weighted by Crippen LogP contribution is 2.23. The molecule has 1 aliphatic heterocycles. The van der Waals surface area contributed by atoms with Crippen molar-refractivity contribution in [3.8, 4) is 0 Å². The molecule has 0 radical (unpaired) electrons. The number of rotatable bonds is 2. The Morgan fingerprint density at radius 3 is 2.50 bits per heavy atom. The highest BCUT2D eigenvalue weighted by Gasteiger charge is 2.24. The van der Waals surface area contributed by atoms with E-state index in [-0.39, 0.29) is 5.82 Å². The Morgan fingerprint density at radius 2 is 1.95 bits per heavy atom. The fraction of sp³-hybridized carbons (Fsp3) is 0.500. The predicted octanol–water partition coefficient (Wildman–Crippen LogP) is 3.39. The van der Waals surface area contributed by atoms with Crippen LogP contribution in [0, 0.1) is 5.82 Å². The first-order valence-electron chi connectivity index (χ1n) is 6.75. The number of ether oxygens (including phenoxy) is 1. The van der Waals surface area contributed by atoms with E-state index in [4.69, 9.17) is 21.0 Å². The maximum Gasteiger partial charge on any atom is 0.175 e. The summed E-state index contributed by atoms with van der Waals surface area (Å²) in [6.07, 6.45) is 0. The van der Waals surface area contributed by atoms with Gasteiger partial charge in [0.1, 0.15) is 11.7 Å². The van der Waals surface area contributed by atoms with Gasteiger partial charge in [-0.1, -0.05) is 17.7 Å². The number of benzene rings is 1. The van der Waals surface area contributed by atoms with Gasteiger partial charge in [-0.2, -0.15) is 0 Å². The number of nitrogens with zero attached hydrogens (tertiary/aromatic N) is 2. The Kier molecular flexibility index (Phi) is 4.83. The van der Waals surface area contributed by atoms with Crippen LogP contribution in [0.15, 0.2) is 22.9 Å². The number of halogens is 2. The fourth-order valence-electron chi connectivity index (χ4n) is 2.09. The summed E-state index contributed by atoms with van der Waals surface area (Å²) in [5.74, 6) is 0.358. The van der Waals surface area contributed by atoms with Crippen molar-refractivity contribution >= 4 is 25.7 Å². The van der Waals surface area contributed by atoms with Crippen LogP contribution in [0.25, 0.3) is 0 Å². The van der Waals surface area contributed by atoms with Gasteiger partial charge in [0.05, 0.1) is 23.8 Å². The lowest BCUT2D eigenvalue weighted by Crippen LogP contribution is -2.43. The molecule has 0 atom stereocenters. The molecule has 1 aromatic rings. The van der Waals surface area contributed by atoms with Crippen LogP contribution in [0.3, 0.4) is 0 Å². The monoisotopic (exact) mass is 314 g/mol. The number of amidine groups is 1. The van der Waals surface area contributed by atoms with Gasteiger partial charge in [0.2, 0.25) is 0 Å². The molecule has 0 unspecified atom stereocenters. The minimum Gasteiger partial charge on any atom is -0.378 e. The van der Waals surface area contributed by atoms with E-state index >= 15 is 0 Å². The summed E-state index contributed by atoms with van der Waals surface area (Å²) < 4.78 is 24.4. The Bertz CT molecular complexity index is 490. The summed E-state index contributed by atoms with van der Waals surface area (Å²) in [5.41, 5.74) is 0.415. The maximum atomic E-state index is 14.2. The molecule has 3 nitrogen and oxygen atoms in total. The second-order valence-corrected chi connectivity index (χ2v) is 10.8. The van der Waals surface area contributed by atoms with Gasteiger partial charge in [0, 0.05) is 13.1 Å². The predicted molar refractivity (Wildman–Crippen MR) is 83.7 cm³/mol. The molecule has 1 aliphatic rings. The largest absolute Gasteiger partial charge is 0.378 e. The number of hydrogen-bond acceptors (Lipinski definition) is 2. The molecule has 0 saturated carbocycles. The standard InChI is InChI=1S/C14H20ClFN2OSi/c1-20(2,3)17-14(18-7-9-19-10-8-18)13-11(15)5-4-6-12(13)16/h4-6H,7-10H2,1-3H3/b17-14-. The van der Waals surface area contributed by atoms with Crippen molar-refractivity contribution < 1.29 is 9.13 Å². The molecular formula is C14H20ClFN2OSi. The minimum absolute atomic E-state index is 0.319. The number of morpholine rings is 1. The Morgan fingerprint density at radius 1 is 1.30 bits per heavy atom. The van der Waals surface area contributed by atoms with Crippen LogP contribution >= 0.6 is 11.6 Å². The topological polar surface area (TPSA) is 24.8 Å². The lowest BCUT2D eigenvalue weighted by atomic mass is 10.1. The van der Waals surface area contributed by atoms with Crippen LogP contribution in [-0.2, 0) is 4.74 Å². The van der Waals surface area contributed by atoms with Crippen molar-refractivity contribution in [3.63, 3.8) is 0 Å². The molecule has 0 amide bonds.